The van der Waals surface area contributed by atoms with Gasteiger partial charge in [-0.2, -0.15) is 4.98 Å². The van der Waals surface area contributed by atoms with E-state index in [2.05, 4.69) is 4.98 Å². The van der Waals surface area contributed by atoms with Crippen LogP contribution >= 0.6 is 11.5 Å². The molecule has 0 aliphatic carbocycles. The molecule has 0 amide bonds. The van der Waals surface area contributed by atoms with Gasteiger partial charge in [0, 0.05) is 12.6 Å². The van der Waals surface area contributed by atoms with Gasteiger partial charge in [0.1, 0.15) is 0 Å². The van der Waals surface area contributed by atoms with E-state index in [1.165, 1.54) is 11.5 Å². The van der Waals surface area contributed by atoms with Crippen molar-refractivity contribution in [3.05, 3.63) is 35.1 Å². The highest BCUT2D eigenvalue weighted by Gasteiger charge is 2.03. The maximum atomic E-state index is 7.39. The molecule has 0 atom stereocenters. The molecule has 1 aromatic heterocycles. The van der Waals surface area contributed by atoms with Crippen LogP contribution in [0.15, 0.2) is 30.3 Å². The molecule has 1 aromatic carbocycles. The SMILES string of the molecule is Cn1sc(=N)nc1-c1ccccc1. The van der Waals surface area contributed by atoms with Crippen molar-refractivity contribution >= 4 is 11.5 Å². The summed E-state index contributed by atoms with van der Waals surface area (Å²) in [4.78, 5) is 4.48. The van der Waals surface area contributed by atoms with E-state index in [-0.39, 0.29) is 0 Å². The Morgan fingerprint density at radius 1 is 1.31 bits per heavy atom. The van der Waals surface area contributed by atoms with E-state index in [0.717, 1.165) is 11.4 Å². The summed E-state index contributed by atoms with van der Waals surface area (Å²) < 4.78 is 1.90. The van der Waals surface area contributed by atoms with E-state index < -0.39 is 0 Å². The van der Waals surface area contributed by atoms with Crippen LogP contribution in [0.3, 0.4) is 0 Å². The van der Waals surface area contributed by atoms with Crippen LogP contribution < -0.4 is 4.80 Å². The third-order valence-corrected chi connectivity index (χ3v) is 2.47. The second-order valence-corrected chi connectivity index (χ2v) is 3.81. The molecule has 2 aromatic rings. The summed E-state index contributed by atoms with van der Waals surface area (Å²) in [5, 5.41) is 7.39. The topological polar surface area (TPSA) is 41.7 Å². The summed E-state index contributed by atoms with van der Waals surface area (Å²) in [5.41, 5.74) is 1.06. The number of aromatic nitrogens is 2. The molecule has 0 fully saturated rings. The van der Waals surface area contributed by atoms with Gasteiger partial charge in [0.2, 0.25) is 4.80 Å². The van der Waals surface area contributed by atoms with E-state index in [9.17, 15) is 0 Å². The number of rotatable bonds is 1. The summed E-state index contributed by atoms with van der Waals surface area (Å²) >= 11 is 1.34. The first-order valence-corrected chi connectivity index (χ1v) is 4.69. The molecule has 3 nitrogen and oxygen atoms in total. The maximum absolute atomic E-state index is 7.39. The van der Waals surface area contributed by atoms with Gasteiger partial charge in [0.05, 0.1) is 0 Å². The first kappa shape index (κ1) is 8.19. The normalized spacial score (nSPS) is 10.2. The lowest BCUT2D eigenvalue weighted by Crippen LogP contribution is -1.93. The Morgan fingerprint density at radius 3 is 2.54 bits per heavy atom. The fraction of sp³-hybridized carbons (Fsp3) is 0.111. The number of hydrogen-bond donors (Lipinski definition) is 1. The molecule has 0 saturated carbocycles. The number of benzene rings is 1. The number of nitrogens with zero attached hydrogens (tertiary/aromatic N) is 2. The second kappa shape index (κ2) is 3.14. The summed E-state index contributed by atoms with van der Waals surface area (Å²) in [6.07, 6.45) is 0. The van der Waals surface area contributed by atoms with Gasteiger partial charge >= 0.3 is 0 Å². The fourth-order valence-corrected chi connectivity index (χ4v) is 1.81. The highest BCUT2D eigenvalue weighted by Crippen LogP contribution is 2.14. The van der Waals surface area contributed by atoms with Gasteiger partial charge in [-0.05, 0) is 11.5 Å². The lowest BCUT2D eigenvalue weighted by molar-refractivity contribution is 1.00. The standard InChI is InChI=1S/C9H9N3S/c1-12-8(11-9(10)13-12)7-5-3-2-4-6-7/h2-6,10H,1H3. The minimum atomic E-state index is 0.348. The average molecular weight is 191 g/mol. The number of aryl methyl sites for hydroxylation is 1. The molecule has 0 aliphatic rings. The van der Waals surface area contributed by atoms with Crippen LogP contribution in [-0.4, -0.2) is 8.94 Å². The number of nitrogens with one attached hydrogen (secondary N) is 1. The molecule has 1 heterocycles. The third kappa shape index (κ3) is 1.53. The molecule has 66 valence electrons. The molecule has 0 radical (unpaired) electrons. The zero-order valence-corrected chi connectivity index (χ0v) is 8.01. The molecule has 1 N–H and O–H groups in total. The summed E-state index contributed by atoms with van der Waals surface area (Å²) in [7, 11) is 1.91. The van der Waals surface area contributed by atoms with Crippen LogP contribution in [0.2, 0.25) is 0 Å². The molecule has 4 heteroatoms. The predicted octanol–water partition coefficient (Wildman–Crippen LogP) is 1.63. The second-order valence-electron chi connectivity index (χ2n) is 2.70. The van der Waals surface area contributed by atoms with E-state index in [0.29, 0.717) is 4.80 Å². The van der Waals surface area contributed by atoms with Crippen LogP contribution in [0.1, 0.15) is 0 Å². The maximum Gasteiger partial charge on any atom is 0.219 e. The molecule has 0 unspecified atom stereocenters. The summed E-state index contributed by atoms with van der Waals surface area (Å²) in [6, 6.07) is 9.90. The van der Waals surface area contributed by atoms with Crippen molar-refractivity contribution in [3.63, 3.8) is 0 Å². The molecule has 2 rings (SSSR count). The van der Waals surface area contributed by atoms with Crippen molar-refractivity contribution < 1.29 is 0 Å². The van der Waals surface area contributed by atoms with E-state index in [1.54, 1.807) is 0 Å². The van der Waals surface area contributed by atoms with Crippen LogP contribution in [0.25, 0.3) is 11.4 Å². The highest BCUT2D eigenvalue weighted by atomic mass is 32.1. The van der Waals surface area contributed by atoms with E-state index >= 15 is 0 Å². The predicted molar refractivity (Wildman–Crippen MR) is 52.4 cm³/mol. The Kier molecular flexibility index (Phi) is 1.98. The quantitative estimate of drug-likeness (QED) is 0.731. The molecule has 0 spiro atoms. The zero-order valence-electron chi connectivity index (χ0n) is 7.19. The first-order chi connectivity index (χ1) is 6.27. The zero-order chi connectivity index (χ0) is 9.26. The van der Waals surface area contributed by atoms with Crippen LogP contribution in [-0.2, 0) is 7.05 Å². The van der Waals surface area contributed by atoms with Gasteiger partial charge in [-0.3, -0.25) is 9.37 Å². The van der Waals surface area contributed by atoms with Crippen molar-refractivity contribution in [3.8, 4) is 11.4 Å². The van der Waals surface area contributed by atoms with Crippen molar-refractivity contribution in [1.82, 2.24) is 8.94 Å². The Balaban J connectivity index is 2.59. The molecular formula is C9H9N3S. The third-order valence-electron chi connectivity index (χ3n) is 1.76. The van der Waals surface area contributed by atoms with Gasteiger partial charge in [-0.1, -0.05) is 30.3 Å². The minimum Gasteiger partial charge on any atom is -0.281 e. The Bertz CT molecular complexity index is 455. The summed E-state index contributed by atoms with van der Waals surface area (Å²) in [5.74, 6) is 0.857. The van der Waals surface area contributed by atoms with Gasteiger partial charge in [0.15, 0.2) is 5.82 Å². The van der Waals surface area contributed by atoms with Crippen LogP contribution in [0, 0.1) is 5.41 Å². The van der Waals surface area contributed by atoms with E-state index in [4.69, 9.17) is 5.41 Å². The van der Waals surface area contributed by atoms with Gasteiger partial charge in [0.25, 0.3) is 0 Å². The van der Waals surface area contributed by atoms with Crippen molar-refractivity contribution in [2.45, 2.75) is 0 Å². The average Bonchev–Trinajstić information content (AvgIpc) is 2.47. The van der Waals surface area contributed by atoms with Gasteiger partial charge in [-0.15, -0.1) is 0 Å². The van der Waals surface area contributed by atoms with E-state index in [1.807, 2.05) is 41.3 Å². The Hall–Kier alpha value is -1.42. The largest absolute Gasteiger partial charge is 0.281 e. The lowest BCUT2D eigenvalue weighted by atomic mass is 10.2. The smallest absolute Gasteiger partial charge is 0.219 e. The van der Waals surface area contributed by atoms with Crippen molar-refractivity contribution in [2.24, 2.45) is 7.05 Å². The van der Waals surface area contributed by atoms with Crippen LogP contribution in [0.5, 0.6) is 0 Å². The van der Waals surface area contributed by atoms with Gasteiger partial charge < -0.3 is 0 Å². The first-order valence-electron chi connectivity index (χ1n) is 3.92. The molecule has 13 heavy (non-hydrogen) atoms. The molecule has 0 saturated heterocycles. The van der Waals surface area contributed by atoms with Crippen LogP contribution in [0.4, 0.5) is 0 Å². The Morgan fingerprint density at radius 2 is 2.00 bits per heavy atom. The molecule has 0 bridgehead atoms. The highest BCUT2D eigenvalue weighted by molar-refractivity contribution is 7.03. The van der Waals surface area contributed by atoms with Gasteiger partial charge in [-0.25, -0.2) is 0 Å². The minimum absolute atomic E-state index is 0.348. The lowest BCUT2D eigenvalue weighted by Gasteiger charge is -1.98. The molecular weight excluding hydrogens is 182 g/mol. The Labute approximate surface area is 80.0 Å². The molecule has 0 aliphatic heterocycles. The fourth-order valence-electron chi connectivity index (χ4n) is 1.19. The van der Waals surface area contributed by atoms with Crippen molar-refractivity contribution in [2.75, 3.05) is 0 Å². The summed E-state index contributed by atoms with van der Waals surface area (Å²) in [6.45, 7) is 0. The van der Waals surface area contributed by atoms with Crippen molar-refractivity contribution in [1.29, 1.82) is 5.41 Å². The number of hydrogen-bond acceptors (Lipinski definition) is 3. The monoisotopic (exact) mass is 191 g/mol.